The van der Waals surface area contributed by atoms with Crippen LogP contribution < -0.4 is 5.32 Å². The molecule has 8 heteroatoms. The minimum atomic E-state index is -1.08. The Morgan fingerprint density at radius 1 is 1.42 bits per heavy atom. The normalized spacial score (nSPS) is 11.9. The van der Waals surface area contributed by atoms with Gasteiger partial charge in [-0.25, -0.2) is 9.18 Å². The average molecular weight is 382 g/mol. The molecule has 140 valence electrons. The van der Waals surface area contributed by atoms with Crippen molar-refractivity contribution in [3.8, 4) is 0 Å². The van der Waals surface area contributed by atoms with Gasteiger partial charge in [0.25, 0.3) is 5.91 Å². The topological polar surface area (TPSA) is 73.2 Å². The zero-order valence-corrected chi connectivity index (χ0v) is 15.6. The first kappa shape index (κ1) is 19.9. The fourth-order valence-electron chi connectivity index (χ4n) is 2.32. The fraction of sp³-hybridized carbons (Fsp3) is 0.389. The lowest BCUT2D eigenvalue weighted by Gasteiger charge is -2.13. The van der Waals surface area contributed by atoms with E-state index in [1.807, 2.05) is 6.92 Å². The van der Waals surface area contributed by atoms with Crippen LogP contribution in [0.3, 0.4) is 0 Å². The van der Waals surface area contributed by atoms with Crippen LogP contribution in [0, 0.1) is 12.7 Å². The summed E-state index contributed by atoms with van der Waals surface area (Å²) in [6, 6.07) is 5.44. The molecule has 1 atom stereocenters. The third kappa shape index (κ3) is 4.82. The summed E-state index contributed by atoms with van der Waals surface area (Å²) in [4.78, 5) is 24.5. The maximum absolute atomic E-state index is 13.2. The predicted molar refractivity (Wildman–Crippen MR) is 96.8 cm³/mol. The lowest BCUT2D eigenvalue weighted by molar-refractivity contribution is -0.123. The first-order chi connectivity index (χ1) is 12.3. The quantitative estimate of drug-likeness (QED) is 0.736. The molecule has 0 spiro atoms. The molecular weight excluding hydrogens is 361 g/mol. The van der Waals surface area contributed by atoms with Gasteiger partial charge in [0.05, 0.1) is 5.69 Å². The summed E-state index contributed by atoms with van der Waals surface area (Å²) in [5.74, 6) is -1.78. The zero-order valence-electron chi connectivity index (χ0n) is 14.9. The maximum atomic E-state index is 13.2. The second kappa shape index (κ2) is 8.80. The second-order valence-corrected chi connectivity index (χ2v) is 6.23. The van der Waals surface area contributed by atoms with Crippen molar-refractivity contribution in [3.05, 3.63) is 46.5 Å². The molecule has 0 saturated carbocycles. The Morgan fingerprint density at radius 2 is 2.15 bits per heavy atom. The number of nitrogens with zero attached hydrogens (tertiary/aromatic N) is 2. The molecule has 0 aliphatic rings. The number of unbranched alkanes of at least 4 members (excludes halogenated alkanes) is 1. The van der Waals surface area contributed by atoms with Crippen molar-refractivity contribution >= 4 is 29.2 Å². The Labute approximate surface area is 156 Å². The molecule has 6 nitrogen and oxygen atoms in total. The van der Waals surface area contributed by atoms with Crippen LogP contribution in [0.2, 0.25) is 5.15 Å². The lowest BCUT2D eigenvalue weighted by atomic mass is 10.2. The van der Waals surface area contributed by atoms with Crippen LogP contribution >= 0.6 is 11.6 Å². The Bertz CT molecular complexity index is 807. The maximum Gasteiger partial charge on any atom is 0.343 e. The summed E-state index contributed by atoms with van der Waals surface area (Å²) >= 11 is 6.23. The van der Waals surface area contributed by atoms with Crippen LogP contribution in [0.15, 0.2) is 24.3 Å². The fourth-order valence-corrected chi connectivity index (χ4v) is 2.66. The molecule has 0 fully saturated rings. The van der Waals surface area contributed by atoms with Crippen LogP contribution in [0.4, 0.5) is 10.1 Å². The Balaban J connectivity index is 2.04. The van der Waals surface area contributed by atoms with Gasteiger partial charge in [-0.1, -0.05) is 31.0 Å². The molecule has 0 saturated heterocycles. The molecule has 1 amide bonds. The highest BCUT2D eigenvalue weighted by Crippen LogP contribution is 2.22. The van der Waals surface area contributed by atoms with Crippen LogP contribution in [-0.2, 0) is 16.1 Å². The second-order valence-electron chi connectivity index (χ2n) is 5.88. The minimum absolute atomic E-state index is 0.146. The molecule has 1 N–H and O–H groups in total. The summed E-state index contributed by atoms with van der Waals surface area (Å²) in [6.07, 6.45) is 0.758. The van der Waals surface area contributed by atoms with Crippen molar-refractivity contribution in [2.45, 2.75) is 46.3 Å². The Hall–Kier alpha value is -2.41. The molecular formula is C18H21ClFN3O3. The molecule has 26 heavy (non-hydrogen) atoms. The number of aromatic nitrogens is 2. The van der Waals surface area contributed by atoms with E-state index in [-0.39, 0.29) is 16.4 Å². The van der Waals surface area contributed by atoms with E-state index in [9.17, 15) is 14.0 Å². The van der Waals surface area contributed by atoms with E-state index in [4.69, 9.17) is 16.3 Å². The highest BCUT2D eigenvalue weighted by atomic mass is 35.5. The summed E-state index contributed by atoms with van der Waals surface area (Å²) in [7, 11) is 0. The molecule has 1 aromatic heterocycles. The minimum Gasteiger partial charge on any atom is -0.449 e. The molecule has 0 bridgehead atoms. The van der Waals surface area contributed by atoms with Crippen molar-refractivity contribution < 1.29 is 18.7 Å². The molecule has 2 rings (SSSR count). The number of esters is 1. The van der Waals surface area contributed by atoms with Gasteiger partial charge >= 0.3 is 5.97 Å². The van der Waals surface area contributed by atoms with Gasteiger partial charge in [-0.15, -0.1) is 0 Å². The number of nitrogens with one attached hydrogen (secondary N) is 1. The summed E-state index contributed by atoms with van der Waals surface area (Å²) in [6.45, 7) is 5.72. The average Bonchev–Trinajstić information content (AvgIpc) is 2.86. The SMILES string of the molecule is CCCCn1nc(C)c(C(=O)O[C@@H](C)C(=O)Nc2cccc(F)c2)c1Cl. The number of hydrogen-bond donors (Lipinski definition) is 1. The van der Waals surface area contributed by atoms with E-state index in [1.165, 1.54) is 31.2 Å². The summed E-state index contributed by atoms with van der Waals surface area (Å²) < 4.78 is 19.9. The third-order valence-electron chi connectivity index (χ3n) is 3.74. The predicted octanol–water partition coefficient (Wildman–Crippen LogP) is 3.97. The number of carbonyl (C=O) groups excluding carboxylic acids is 2. The number of rotatable bonds is 7. The first-order valence-corrected chi connectivity index (χ1v) is 8.71. The molecule has 2 aromatic rings. The standard InChI is InChI=1S/C18H21ClFN3O3/c1-4-5-9-23-16(19)15(11(2)22-23)18(25)26-12(3)17(24)21-14-8-6-7-13(20)10-14/h6-8,10,12H,4-5,9H2,1-3H3,(H,21,24)/t12-/m0/s1. The van der Waals surface area contributed by atoms with Crippen molar-refractivity contribution in [1.29, 1.82) is 0 Å². The number of aryl methyl sites for hydroxylation is 2. The van der Waals surface area contributed by atoms with Gasteiger partial charge in [0.1, 0.15) is 16.5 Å². The first-order valence-electron chi connectivity index (χ1n) is 8.33. The third-order valence-corrected chi connectivity index (χ3v) is 4.12. The summed E-state index contributed by atoms with van der Waals surface area (Å²) in [5.41, 5.74) is 0.863. The van der Waals surface area contributed by atoms with E-state index in [2.05, 4.69) is 10.4 Å². The van der Waals surface area contributed by atoms with Gasteiger partial charge < -0.3 is 10.1 Å². The van der Waals surface area contributed by atoms with Crippen LogP contribution in [-0.4, -0.2) is 27.8 Å². The number of carbonyl (C=O) groups is 2. The van der Waals surface area contributed by atoms with E-state index < -0.39 is 23.8 Å². The highest BCUT2D eigenvalue weighted by Gasteiger charge is 2.25. The monoisotopic (exact) mass is 381 g/mol. The van der Waals surface area contributed by atoms with Gasteiger partial charge in [0, 0.05) is 12.2 Å². The van der Waals surface area contributed by atoms with E-state index in [0.29, 0.717) is 12.2 Å². The van der Waals surface area contributed by atoms with Gasteiger partial charge in [0.15, 0.2) is 6.10 Å². The molecule has 0 aliphatic carbocycles. The molecule has 1 aromatic carbocycles. The van der Waals surface area contributed by atoms with E-state index in [0.717, 1.165) is 12.8 Å². The lowest BCUT2D eigenvalue weighted by Crippen LogP contribution is -2.30. The number of halogens is 2. The molecule has 1 heterocycles. The summed E-state index contributed by atoms with van der Waals surface area (Å²) in [5, 5.41) is 6.92. The number of amides is 1. The zero-order chi connectivity index (χ0) is 19.3. The Kier molecular flexibility index (Phi) is 6.74. The Morgan fingerprint density at radius 3 is 2.81 bits per heavy atom. The van der Waals surface area contributed by atoms with Crippen LogP contribution in [0.25, 0.3) is 0 Å². The van der Waals surface area contributed by atoms with Crippen molar-refractivity contribution in [2.75, 3.05) is 5.32 Å². The smallest absolute Gasteiger partial charge is 0.343 e. The van der Waals surface area contributed by atoms with Crippen molar-refractivity contribution in [2.24, 2.45) is 0 Å². The number of hydrogen-bond acceptors (Lipinski definition) is 4. The van der Waals surface area contributed by atoms with Gasteiger partial charge in [-0.2, -0.15) is 5.10 Å². The van der Waals surface area contributed by atoms with Crippen LogP contribution in [0.5, 0.6) is 0 Å². The number of anilines is 1. The molecule has 0 unspecified atom stereocenters. The van der Waals surface area contributed by atoms with Crippen LogP contribution in [0.1, 0.15) is 42.7 Å². The highest BCUT2D eigenvalue weighted by molar-refractivity contribution is 6.32. The van der Waals surface area contributed by atoms with Gasteiger partial charge in [-0.05, 0) is 38.5 Å². The number of benzene rings is 1. The number of ether oxygens (including phenoxy) is 1. The van der Waals surface area contributed by atoms with E-state index in [1.54, 1.807) is 11.6 Å². The van der Waals surface area contributed by atoms with Crippen molar-refractivity contribution in [1.82, 2.24) is 9.78 Å². The van der Waals surface area contributed by atoms with Crippen molar-refractivity contribution in [3.63, 3.8) is 0 Å². The molecule has 0 aliphatic heterocycles. The van der Waals surface area contributed by atoms with E-state index >= 15 is 0 Å². The largest absolute Gasteiger partial charge is 0.449 e. The molecule has 0 radical (unpaired) electrons. The van der Waals surface area contributed by atoms with Gasteiger partial charge in [-0.3, -0.25) is 9.48 Å². The van der Waals surface area contributed by atoms with Gasteiger partial charge in [0.2, 0.25) is 0 Å².